The van der Waals surface area contributed by atoms with Gasteiger partial charge in [0.2, 0.25) is 0 Å². The van der Waals surface area contributed by atoms with Crippen molar-refractivity contribution in [2.45, 2.75) is 26.6 Å². The molecule has 0 saturated heterocycles. The highest BCUT2D eigenvalue weighted by Gasteiger charge is 2.06. The minimum absolute atomic E-state index is 0.213. The molecule has 5 heteroatoms. The Morgan fingerprint density at radius 2 is 1.88 bits per heavy atom. The Morgan fingerprint density at radius 3 is 2.67 bits per heavy atom. The van der Waals surface area contributed by atoms with E-state index < -0.39 is 0 Å². The molecule has 24 heavy (non-hydrogen) atoms. The zero-order chi connectivity index (χ0) is 16.8. The fraction of sp³-hybridized carbons (Fsp3) is 0.211. The number of furan rings is 1. The molecule has 0 saturated carbocycles. The lowest BCUT2D eigenvalue weighted by Gasteiger charge is -2.12. The van der Waals surface area contributed by atoms with Gasteiger partial charge in [-0.05, 0) is 42.3 Å². The summed E-state index contributed by atoms with van der Waals surface area (Å²) in [6.45, 7) is 3.76. The van der Waals surface area contributed by atoms with Gasteiger partial charge in [0.25, 0.3) is 0 Å². The standard InChI is InChI=1S/C19H21N3O2/c1-15-6-2-3-7-16(15)14-22-10-4-8-17(22)12-20-19(23)21-13-18-9-5-11-24-18/h2-11H,12-14H2,1H3,(H2,20,21,23). The Labute approximate surface area is 141 Å². The van der Waals surface area contributed by atoms with Crippen LogP contribution in [0.15, 0.2) is 65.4 Å². The third kappa shape index (κ3) is 4.07. The Morgan fingerprint density at radius 1 is 1.04 bits per heavy atom. The molecule has 0 aliphatic heterocycles. The molecule has 0 spiro atoms. The predicted molar refractivity (Wildman–Crippen MR) is 92.5 cm³/mol. The molecule has 1 aromatic carbocycles. The Bertz CT molecular complexity index is 791. The third-order valence-corrected chi connectivity index (χ3v) is 3.96. The fourth-order valence-electron chi connectivity index (χ4n) is 2.55. The van der Waals surface area contributed by atoms with E-state index in [4.69, 9.17) is 4.42 Å². The van der Waals surface area contributed by atoms with Crippen LogP contribution < -0.4 is 10.6 Å². The smallest absolute Gasteiger partial charge is 0.315 e. The van der Waals surface area contributed by atoms with Gasteiger partial charge in [0, 0.05) is 18.4 Å². The van der Waals surface area contributed by atoms with Crippen LogP contribution in [0.25, 0.3) is 0 Å². The summed E-state index contributed by atoms with van der Waals surface area (Å²) in [5.74, 6) is 0.730. The summed E-state index contributed by atoms with van der Waals surface area (Å²) in [7, 11) is 0. The largest absolute Gasteiger partial charge is 0.467 e. The minimum Gasteiger partial charge on any atom is -0.467 e. The Hall–Kier alpha value is -2.95. The van der Waals surface area contributed by atoms with Crippen LogP contribution in [0.2, 0.25) is 0 Å². The topological polar surface area (TPSA) is 59.2 Å². The van der Waals surface area contributed by atoms with E-state index in [1.165, 1.54) is 11.1 Å². The normalized spacial score (nSPS) is 10.5. The molecule has 2 heterocycles. The monoisotopic (exact) mass is 323 g/mol. The van der Waals surface area contributed by atoms with Gasteiger partial charge in [-0.2, -0.15) is 0 Å². The maximum absolute atomic E-state index is 11.9. The number of nitrogens with zero attached hydrogens (tertiary/aromatic N) is 1. The van der Waals surface area contributed by atoms with Crippen molar-refractivity contribution in [1.82, 2.24) is 15.2 Å². The van der Waals surface area contributed by atoms with Gasteiger partial charge in [0.15, 0.2) is 0 Å². The van der Waals surface area contributed by atoms with Gasteiger partial charge in [0.05, 0.1) is 19.4 Å². The summed E-state index contributed by atoms with van der Waals surface area (Å²) in [5, 5.41) is 5.65. The van der Waals surface area contributed by atoms with Gasteiger partial charge in [-0.15, -0.1) is 0 Å². The number of carbonyl (C=O) groups excluding carboxylic acids is 1. The molecule has 124 valence electrons. The van der Waals surface area contributed by atoms with Crippen LogP contribution in [0.4, 0.5) is 4.79 Å². The first-order valence-electron chi connectivity index (χ1n) is 7.95. The summed E-state index contributed by atoms with van der Waals surface area (Å²) in [4.78, 5) is 11.9. The average molecular weight is 323 g/mol. The lowest BCUT2D eigenvalue weighted by Crippen LogP contribution is -2.35. The van der Waals surface area contributed by atoms with Crippen LogP contribution in [0.3, 0.4) is 0 Å². The molecule has 3 aromatic rings. The lowest BCUT2D eigenvalue weighted by atomic mass is 10.1. The van der Waals surface area contributed by atoms with E-state index in [1.807, 2.05) is 36.5 Å². The van der Waals surface area contributed by atoms with Crippen molar-refractivity contribution in [3.63, 3.8) is 0 Å². The van der Waals surface area contributed by atoms with Gasteiger partial charge in [-0.25, -0.2) is 4.79 Å². The van der Waals surface area contributed by atoms with Crippen LogP contribution in [0.1, 0.15) is 22.6 Å². The molecule has 3 rings (SSSR count). The molecule has 2 N–H and O–H groups in total. The summed E-state index contributed by atoms with van der Waals surface area (Å²) < 4.78 is 7.33. The molecule has 0 radical (unpaired) electrons. The highest BCUT2D eigenvalue weighted by molar-refractivity contribution is 5.73. The predicted octanol–water partition coefficient (Wildman–Crippen LogP) is 3.44. The van der Waals surface area contributed by atoms with Gasteiger partial charge >= 0.3 is 6.03 Å². The minimum atomic E-state index is -0.213. The molecular formula is C19H21N3O2. The fourth-order valence-corrected chi connectivity index (χ4v) is 2.55. The molecule has 0 aliphatic carbocycles. The zero-order valence-electron chi connectivity index (χ0n) is 13.7. The SMILES string of the molecule is Cc1ccccc1Cn1cccc1CNC(=O)NCc1ccco1. The molecule has 2 aromatic heterocycles. The highest BCUT2D eigenvalue weighted by atomic mass is 16.3. The van der Waals surface area contributed by atoms with Crippen molar-refractivity contribution in [2.75, 3.05) is 0 Å². The number of hydrogen-bond donors (Lipinski definition) is 2. The van der Waals surface area contributed by atoms with Crippen LogP contribution in [0, 0.1) is 6.92 Å². The average Bonchev–Trinajstić information content (AvgIpc) is 3.25. The third-order valence-electron chi connectivity index (χ3n) is 3.96. The van der Waals surface area contributed by atoms with Crippen molar-refractivity contribution in [3.8, 4) is 0 Å². The van der Waals surface area contributed by atoms with Crippen molar-refractivity contribution >= 4 is 6.03 Å². The van der Waals surface area contributed by atoms with Crippen LogP contribution in [-0.4, -0.2) is 10.6 Å². The molecule has 0 fully saturated rings. The van der Waals surface area contributed by atoms with E-state index in [2.05, 4.69) is 34.3 Å². The summed E-state index contributed by atoms with van der Waals surface area (Å²) >= 11 is 0. The lowest BCUT2D eigenvalue weighted by molar-refractivity contribution is 0.239. The molecule has 0 atom stereocenters. The number of urea groups is 1. The summed E-state index contributed by atoms with van der Waals surface area (Å²) in [6.07, 6.45) is 3.62. The first-order valence-corrected chi connectivity index (χ1v) is 7.95. The molecule has 0 unspecified atom stereocenters. The molecule has 0 aliphatic rings. The van der Waals surface area contributed by atoms with E-state index in [-0.39, 0.29) is 6.03 Å². The Balaban J connectivity index is 1.54. The number of nitrogens with one attached hydrogen (secondary N) is 2. The zero-order valence-corrected chi connectivity index (χ0v) is 13.7. The molecule has 0 bridgehead atoms. The van der Waals surface area contributed by atoms with Gasteiger partial charge < -0.3 is 19.6 Å². The van der Waals surface area contributed by atoms with E-state index in [1.54, 1.807) is 12.3 Å². The maximum Gasteiger partial charge on any atom is 0.315 e. The summed E-state index contributed by atoms with van der Waals surface area (Å²) in [5.41, 5.74) is 3.60. The first kappa shape index (κ1) is 15.9. The van der Waals surface area contributed by atoms with Gasteiger partial charge in [-0.1, -0.05) is 24.3 Å². The number of aromatic nitrogens is 1. The first-order chi connectivity index (χ1) is 11.7. The number of benzene rings is 1. The van der Waals surface area contributed by atoms with Crippen molar-refractivity contribution < 1.29 is 9.21 Å². The second-order valence-electron chi connectivity index (χ2n) is 5.67. The van der Waals surface area contributed by atoms with E-state index in [0.29, 0.717) is 13.1 Å². The van der Waals surface area contributed by atoms with E-state index >= 15 is 0 Å². The number of amides is 2. The van der Waals surface area contributed by atoms with Gasteiger partial charge in [-0.3, -0.25) is 0 Å². The van der Waals surface area contributed by atoms with Crippen molar-refractivity contribution in [2.24, 2.45) is 0 Å². The van der Waals surface area contributed by atoms with Crippen LogP contribution >= 0.6 is 0 Å². The highest BCUT2D eigenvalue weighted by Crippen LogP contribution is 2.12. The van der Waals surface area contributed by atoms with E-state index in [9.17, 15) is 4.79 Å². The Kier molecular flexibility index (Phi) is 5.01. The number of aryl methyl sites for hydroxylation is 1. The second-order valence-corrected chi connectivity index (χ2v) is 5.67. The number of carbonyl (C=O) groups is 1. The van der Waals surface area contributed by atoms with Gasteiger partial charge in [0.1, 0.15) is 5.76 Å². The van der Waals surface area contributed by atoms with Crippen LogP contribution in [-0.2, 0) is 19.6 Å². The van der Waals surface area contributed by atoms with Crippen molar-refractivity contribution in [1.29, 1.82) is 0 Å². The van der Waals surface area contributed by atoms with Crippen molar-refractivity contribution in [3.05, 3.63) is 83.6 Å². The van der Waals surface area contributed by atoms with Crippen LogP contribution in [0.5, 0.6) is 0 Å². The molecular weight excluding hydrogens is 302 g/mol. The molecule has 2 amide bonds. The quantitative estimate of drug-likeness (QED) is 0.730. The number of hydrogen-bond acceptors (Lipinski definition) is 2. The maximum atomic E-state index is 11.9. The molecule has 5 nitrogen and oxygen atoms in total. The van der Waals surface area contributed by atoms with E-state index in [0.717, 1.165) is 18.0 Å². The number of rotatable bonds is 6. The second kappa shape index (κ2) is 7.55. The summed E-state index contributed by atoms with van der Waals surface area (Å²) in [6, 6.07) is 15.8.